The molecule has 5 aromatic rings. The SMILES string of the molecule is Fc1ccc(Nc2nncc3c2c2cc(OCCSCc4ccc(CN5CCCC5)o4)c(Br)cc2n3C2CC2)cc1Cl. The van der Waals surface area contributed by atoms with Crippen LogP contribution in [0.2, 0.25) is 5.02 Å². The van der Waals surface area contributed by atoms with Gasteiger partial charge in [0, 0.05) is 22.9 Å². The number of fused-ring (bicyclic) bond motifs is 3. The van der Waals surface area contributed by atoms with Gasteiger partial charge in [0.2, 0.25) is 0 Å². The highest BCUT2D eigenvalue weighted by Crippen LogP contribution is 2.46. The van der Waals surface area contributed by atoms with Gasteiger partial charge < -0.3 is 19.0 Å². The maximum atomic E-state index is 13.8. The van der Waals surface area contributed by atoms with Crippen molar-refractivity contribution in [2.75, 3.05) is 30.8 Å². The molecular formula is C31H30BrClFN5O2S. The number of rotatable bonds is 11. The summed E-state index contributed by atoms with van der Waals surface area (Å²) in [7, 11) is 0. The van der Waals surface area contributed by atoms with E-state index in [1.165, 1.54) is 32.0 Å². The highest BCUT2D eigenvalue weighted by Gasteiger charge is 2.29. The molecule has 1 aliphatic heterocycles. The molecule has 1 N–H and O–H groups in total. The van der Waals surface area contributed by atoms with Crippen molar-refractivity contribution >= 4 is 72.6 Å². The Morgan fingerprint density at radius 3 is 2.74 bits per heavy atom. The average molecular weight is 671 g/mol. The lowest BCUT2D eigenvalue weighted by atomic mass is 10.2. The lowest BCUT2D eigenvalue weighted by Crippen LogP contribution is -2.17. The molecule has 1 saturated heterocycles. The predicted molar refractivity (Wildman–Crippen MR) is 171 cm³/mol. The Kier molecular flexibility index (Phi) is 8.05. The van der Waals surface area contributed by atoms with Crippen LogP contribution in [0.4, 0.5) is 15.9 Å². The van der Waals surface area contributed by atoms with Gasteiger partial charge in [0.15, 0.2) is 5.82 Å². The molecule has 11 heteroatoms. The van der Waals surface area contributed by atoms with Crippen LogP contribution in [-0.4, -0.2) is 45.1 Å². The standard InChI is InChI=1S/C31H30BrClFN5O2S/c32-24-15-27-23(14-29(24)40-11-12-42-18-22-7-6-21(41-22)17-38-9-1-2-10-38)30-28(39(27)20-4-5-20)16-35-37-31(30)36-19-3-8-26(34)25(33)13-19/h3,6-8,13-16,20H,1-2,4-5,9-12,17-18H2,(H,36,37). The number of nitrogens with zero attached hydrogens (tertiary/aromatic N) is 4. The minimum absolute atomic E-state index is 0.0487. The number of hydrogen-bond acceptors (Lipinski definition) is 7. The number of halogens is 3. The molecule has 0 bridgehead atoms. The molecular weight excluding hydrogens is 641 g/mol. The molecule has 2 fully saturated rings. The van der Waals surface area contributed by atoms with Crippen LogP contribution < -0.4 is 10.1 Å². The molecule has 1 aliphatic carbocycles. The van der Waals surface area contributed by atoms with Crippen molar-refractivity contribution in [3.8, 4) is 5.75 Å². The minimum atomic E-state index is -0.465. The van der Waals surface area contributed by atoms with Crippen LogP contribution in [0.15, 0.2) is 57.6 Å². The number of nitrogens with one attached hydrogen (secondary N) is 1. The van der Waals surface area contributed by atoms with Crippen LogP contribution >= 0.6 is 39.3 Å². The van der Waals surface area contributed by atoms with E-state index in [1.807, 2.05) is 6.20 Å². The Hall–Kier alpha value is -2.79. The summed E-state index contributed by atoms with van der Waals surface area (Å²) in [5.41, 5.74) is 2.74. The average Bonchev–Trinajstić information content (AvgIpc) is 3.35. The van der Waals surface area contributed by atoms with E-state index in [-0.39, 0.29) is 5.02 Å². The third kappa shape index (κ3) is 5.86. The second-order valence-corrected chi connectivity index (χ2v) is 13.2. The van der Waals surface area contributed by atoms with E-state index in [0.29, 0.717) is 24.2 Å². The van der Waals surface area contributed by atoms with Gasteiger partial charge in [-0.3, -0.25) is 4.90 Å². The Morgan fingerprint density at radius 1 is 1.10 bits per heavy atom. The highest BCUT2D eigenvalue weighted by atomic mass is 79.9. The number of ether oxygens (including phenoxy) is 1. The number of aromatic nitrogens is 3. The minimum Gasteiger partial charge on any atom is -0.492 e. The van der Waals surface area contributed by atoms with Crippen molar-refractivity contribution < 1.29 is 13.5 Å². The molecule has 0 unspecified atom stereocenters. The van der Waals surface area contributed by atoms with Crippen LogP contribution in [-0.2, 0) is 12.3 Å². The molecule has 42 heavy (non-hydrogen) atoms. The Morgan fingerprint density at radius 2 is 1.93 bits per heavy atom. The van der Waals surface area contributed by atoms with E-state index >= 15 is 0 Å². The second kappa shape index (κ2) is 12.1. The molecule has 0 spiro atoms. The van der Waals surface area contributed by atoms with Gasteiger partial charge in [0.25, 0.3) is 0 Å². The summed E-state index contributed by atoms with van der Waals surface area (Å²) in [5.74, 6) is 4.61. The largest absolute Gasteiger partial charge is 0.492 e. The molecule has 2 aliphatic rings. The van der Waals surface area contributed by atoms with Gasteiger partial charge in [-0.05, 0) is 97.2 Å². The second-order valence-electron chi connectivity index (χ2n) is 10.9. The highest BCUT2D eigenvalue weighted by molar-refractivity contribution is 9.10. The molecule has 0 amide bonds. The molecule has 3 aromatic heterocycles. The molecule has 0 radical (unpaired) electrons. The zero-order chi connectivity index (χ0) is 28.6. The van der Waals surface area contributed by atoms with E-state index in [2.05, 4.69) is 65.2 Å². The van der Waals surface area contributed by atoms with Crippen molar-refractivity contribution in [2.45, 2.75) is 44.0 Å². The smallest absolute Gasteiger partial charge is 0.163 e. The quantitative estimate of drug-likeness (QED) is 0.141. The summed E-state index contributed by atoms with van der Waals surface area (Å²) in [4.78, 5) is 2.45. The third-order valence-corrected chi connectivity index (χ3v) is 9.64. The van der Waals surface area contributed by atoms with Gasteiger partial charge in [-0.2, -0.15) is 16.9 Å². The molecule has 7 nitrogen and oxygen atoms in total. The van der Waals surface area contributed by atoms with Crippen LogP contribution in [0.1, 0.15) is 43.2 Å². The first kappa shape index (κ1) is 28.0. The van der Waals surface area contributed by atoms with Gasteiger partial charge in [-0.1, -0.05) is 11.6 Å². The summed E-state index contributed by atoms with van der Waals surface area (Å²) in [6.07, 6.45) is 6.63. The first-order valence-corrected chi connectivity index (χ1v) is 16.6. The first-order chi connectivity index (χ1) is 20.5. The number of anilines is 2. The fraction of sp³-hybridized carbons (Fsp3) is 0.355. The van der Waals surface area contributed by atoms with Crippen molar-refractivity contribution in [3.63, 3.8) is 0 Å². The van der Waals surface area contributed by atoms with E-state index < -0.39 is 5.82 Å². The Labute approximate surface area is 260 Å². The maximum absolute atomic E-state index is 13.8. The number of thioether (sulfide) groups is 1. The van der Waals surface area contributed by atoms with Gasteiger partial charge >= 0.3 is 0 Å². The predicted octanol–water partition coefficient (Wildman–Crippen LogP) is 8.72. The molecule has 4 heterocycles. The fourth-order valence-corrected chi connectivity index (χ4v) is 6.99. The van der Waals surface area contributed by atoms with Crippen molar-refractivity contribution in [1.29, 1.82) is 0 Å². The Balaban J connectivity index is 1.08. The van der Waals surface area contributed by atoms with Crippen LogP contribution in [0.5, 0.6) is 5.75 Å². The molecule has 2 aromatic carbocycles. The van der Waals surface area contributed by atoms with Crippen molar-refractivity contribution in [1.82, 2.24) is 19.7 Å². The summed E-state index contributed by atoms with van der Waals surface area (Å²) < 4.78 is 29.3. The zero-order valence-corrected chi connectivity index (χ0v) is 26.1. The topological polar surface area (TPSA) is 68.4 Å². The summed E-state index contributed by atoms with van der Waals surface area (Å²) in [5, 5.41) is 14.0. The Bertz CT molecular complexity index is 1750. The monoisotopic (exact) mass is 669 g/mol. The fourth-order valence-electron chi connectivity index (χ4n) is 5.66. The van der Waals surface area contributed by atoms with E-state index in [4.69, 9.17) is 20.8 Å². The number of benzene rings is 2. The number of furan rings is 1. The van der Waals surface area contributed by atoms with Crippen molar-refractivity contribution in [2.24, 2.45) is 0 Å². The molecule has 7 rings (SSSR count). The summed E-state index contributed by atoms with van der Waals surface area (Å²) in [6.45, 7) is 3.80. The van der Waals surface area contributed by atoms with E-state index in [9.17, 15) is 4.39 Å². The molecule has 218 valence electrons. The number of hydrogen-bond donors (Lipinski definition) is 1. The lowest BCUT2D eigenvalue weighted by molar-refractivity contribution is 0.294. The lowest BCUT2D eigenvalue weighted by Gasteiger charge is -2.11. The van der Waals surface area contributed by atoms with Crippen LogP contribution in [0.3, 0.4) is 0 Å². The van der Waals surface area contributed by atoms with Gasteiger partial charge in [-0.15, -0.1) is 5.10 Å². The van der Waals surface area contributed by atoms with Gasteiger partial charge in [-0.25, -0.2) is 4.39 Å². The normalized spacial score (nSPS) is 15.7. The van der Waals surface area contributed by atoms with Crippen LogP contribution in [0.25, 0.3) is 21.8 Å². The van der Waals surface area contributed by atoms with Gasteiger partial charge in [0.05, 0.1) is 51.0 Å². The van der Waals surface area contributed by atoms with Crippen molar-refractivity contribution in [3.05, 3.63) is 75.5 Å². The van der Waals surface area contributed by atoms with E-state index in [1.54, 1.807) is 23.9 Å². The van der Waals surface area contributed by atoms with Gasteiger partial charge in [0.1, 0.15) is 23.1 Å². The first-order valence-electron chi connectivity index (χ1n) is 14.2. The summed E-state index contributed by atoms with van der Waals surface area (Å²) in [6, 6.07) is 13.4. The van der Waals surface area contributed by atoms with Crippen LogP contribution in [0, 0.1) is 5.82 Å². The van der Waals surface area contributed by atoms with E-state index in [0.717, 1.165) is 74.4 Å². The zero-order valence-electron chi connectivity index (χ0n) is 22.9. The third-order valence-electron chi connectivity index (χ3n) is 7.79. The number of likely N-dealkylation sites (tertiary alicyclic amines) is 1. The summed E-state index contributed by atoms with van der Waals surface area (Å²) >= 11 is 11.6. The molecule has 1 saturated carbocycles. The maximum Gasteiger partial charge on any atom is 0.163 e. The molecule has 0 atom stereocenters.